The summed E-state index contributed by atoms with van der Waals surface area (Å²) in [6.07, 6.45) is 0. The lowest BCUT2D eigenvalue weighted by molar-refractivity contribution is 1.86. The van der Waals surface area contributed by atoms with Crippen LogP contribution in [0.2, 0.25) is 11.3 Å². The average molecular weight is 325 g/mol. The first-order valence-corrected chi connectivity index (χ1v) is 14.4. The van der Waals surface area contributed by atoms with Crippen molar-refractivity contribution in [3.8, 4) is 0 Å². The predicted molar refractivity (Wildman–Crippen MR) is 62.0 cm³/mol. The molecule has 0 aliphatic rings. The lowest BCUT2D eigenvalue weighted by Crippen LogP contribution is -2.19. The van der Waals surface area contributed by atoms with Gasteiger partial charge in [-0.1, -0.05) is 0 Å². The fourth-order valence-corrected chi connectivity index (χ4v) is 9.34. The van der Waals surface area contributed by atoms with Crippen LogP contribution in [0.15, 0.2) is 0 Å². The Balaban J connectivity index is 3.44. The molecule has 0 saturated carbocycles. The summed E-state index contributed by atoms with van der Waals surface area (Å²) in [6, 6.07) is -4.96. The summed E-state index contributed by atoms with van der Waals surface area (Å²) in [7, 11) is 0.467. The molecule has 0 saturated heterocycles. The minimum Gasteiger partial charge on any atom is -0.126 e. The summed E-state index contributed by atoms with van der Waals surface area (Å²) >= 11 is 33.7. The van der Waals surface area contributed by atoms with Gasteiger partial charge < -0.3 is 0 Å². The van der Waals surface area contributed by atoms with Crippen LogP contribution < -0.4 is 0 Å². The highest BCUT2D eigenvalue weighted by molar-refractivity contribution is 7.67. The maximum Gasteiger partial charge on any atom is 0.338 e. The molecule has 0 unspecified atom stereocenters. The van der Waals surface area contributed by atoms with Gasteiger partial charge in [0.15, 0.2) is 0 Å². The van der Waals surface area contributed by atoms with Crippen molar-refractivity contribution in [2.75, 3.05) is 0 Å². The predicted octanol–water partition coefficient (Wildman–Crippen LogP) is 3.92. The van der Waals surface area contributed by atoms with Gasteiger partial charge in [-0.2, -0.15) is 0 Å². The van der Waals surface area contributed by atoms with Crippen LogP contribution in [0.4, 0.5) is 0 Å². The van der Waals surface area contributed by atoms with Crippen molar-refractivity contribution in [2.45, 2.75) is 11.3 Å². The monoisotopic (exact) mass is 322 g/mol. The van der Waals surface area contributed by atoms with E-state index >= 15 is 0 Å². The van der Waals surface area contributed by atoms with E-state index in [0.717, 1.165) is 0 Å². The number of rotatable bonds is 4. The van der Waals surface area contributed by atoms with Crippen LogP contribution in [-0.4, -0.2) is 21.5 Å². The molecular weight excluding hydrogens is 321 g/mol. The van der Waals surface area contributed by atoms with Crippen LogP contribution >= 0.6 is 66.5 Å². The Morgan fingerprint density at radius 2 is 1.00 bits per heavy atom. The van der Waals surface area contributed by atoms with Crippen molar-refractivity contribution in [2.24, 2.45) is 0 Å². The Morgan fingerprint density at radius 1 is 0.727 bits per heavy atom. The highest BCUT2D eigenvalue weighted by atomic mass is 35.8. The molecule has 2 radical (unpaired) electrons. The lowest BCUT2D eigenvalue weighted by atomic mass is 11.8. The molecule has 9 heteroatoms. The molecule has 0 rings (SSSR count). The largest absolute Gasteiger partial charge is 0.338 e. The Kier molecular flexibility index (Phi) is 6.47. The molecule has 0 N–H and O–H groups in total. The van der Waals surface area contributed by atoms with Crippen LogP contribution in [0.5, 0.6) is 0 Å². The Hall–Kier alpha value is 2.39. The molecule has 0 aliphatic heterocycles. The standard InChI is InChI=1S/C2H4Cl6Si3/c3-10(4,5)1-9-2-11(6,7)8/h1-2H2. The molecule has 0 atom stereocenters. The SMILES string of the molecule is Cl[Si](Cl)(Cl)C[Si]C[Si](Cl)(Cl)Cl. The third kappa shape index (κ3) is 12.4. The third-order valence-electron chi connectivity index (χ3n) is 0.651. The van der Waals surface area contributed by atoms with Crippen LogP contribution in [0, 0.1) is 0 Å². The minimum atomic E-state index is -2.48. The minimum absolute atomic E-state index is 0.467. The van der Waals surface area contributed by atoms with E-state index in [1.165, 1.54) is 0 Å². The molecule has 66 valence electrons. The summed E-state index contributed by atoms with van der Waals surface area (Å²) < 4.78 is 0. The zero-order chi connectivity index (χ0) is 9.12. The summed E-state index contributed by atoms with van der Waals surface area (Å²) in [5.74, 6) is 0. The van der Waals surface area contributed by atoms with Gasteiger partial charge in [0, 0.05) is 9.52 Å². The number of hydrogen-bond acceptors (Lipinski definition) is 0. The van der Waals surface area contributed by atoms with Gasteiger partial charge in [-0.25, -0.2) is 0 Å². The van der Waals surface area contributed by atoms with E-state index in [1.807, 2.05) is 0 Å². The van der Waals surface area contributed by atoms with E-state index in [-0.39, 0.29) is 0 Å². The quantitative estimate of drug-likeness (QED) is 0.543. The molecule has 0 heterocycles. The van der Waals surface area contributed by atoms with Crippen molar-refractivity contribution in [1.82, 2.24) is 0 Å². The van der Waals surface area contributed by atoms with Gasteiger partial charge in [0.05, 0.1) is 0 Å². The number of hydrogen-bond donors (Lipinski definition) is 0. The van der Waals surface area contributed by atoms with E-state index in [1.54, 1.807) is 0 Å². The number of halogens is 6. The molecule has 0 spiro atoms. The molecule has 0 bridgehead atoms. The van der Waals surface area contributed by atoms with E-state index in [0.29, 0.717) is 20.9 Å². The highest BCUT2D eigenvalue weighted by Gasteiger charge is 2.29. The molecular formula is C2H4Cl6Si3. The van der Waals surface area contributed by atoms with Crippen LogP contribution in [0.3, 0.4) is 0 Å². The molecule has 0 aromatic heterocycles. The second-order valence-corrected chi connectivity index (χ2v) is 22.7. The maximum absolute atomic E-state index is 5.62. The normalized spacial score (nSPS) is 13.6. The van der Waals surface area contributed by atoms with Gasteiger partial charge in [-0.3, -0.25) is 0 Å². The summed E-state index contributed by atoms with van der Waals surface area (Å²) in [6.45, 7) is 0. The van der Waals surface area contributed by atoms with E-state index in [4.69, 9.17) is 66.5 Å². The van der Waals surface area contributed by atoms with Gasteiger partial charge in [-0.15, -0.1) is 66.5 Å². The first kappa shape index (κ1) is 13.4. The molecule has 0 fully saturated rings. The van der Waals surface area contributed by atoms with Gasteiger partial charge in [-0.05, 0) is 11.3 Å². The fraction of sp³-hybridized carbons (Fsp3) is 1.00. The topological polar surface area (TPSA) is 0 Å². The van der Waals surface area contributed by atoms with E-state index < -0.39 is 12.0 Å². The second kappa shape index (κ2) is 5.32. The average Bonchev–Trinajstić information content (AvgIpc) is 1.55. The maximum atomic E-state index is 5.62. The summed E-state index contributed by atoms with van der Waals surface area (Å²) in [5.41, 5.74) is 1.19. The zero-order valence-corrected chi connectivity index (χ0v) is 12.7. The Labute approximate surface area is 98.5 Å². The van der Waals surface area contributed by atoms with Gasteiger partial charge >= 0.3 is 12.0 Å². The first-order chi connectivity index (χ1) is 4.71. The van der Waals surface area contributed by atoms with E-state index in [2.05, 4.69) is 0 Å². The molecule has 0 aromatic carbocycles. The van der Waals surface area contributed by atoms with Crippen molar-refractivity contribution in [3.05, 3.63) is 0 Å². The fourth-order valence-electron chi connectivity index (χ4n) is 0.346. The van der Waals surface area contributed by atoms with Gasteiger partial charge in [0.25, 0.3) is 0 Å². The van der Waals surface area contributed by atoms with Gasteiger partial charge in [0.1, 0.15) is 0 Å². The van der Waals surface area contributed by atoms with Crippen molar-refractivity contribution >= 4 is 88.0 Å². The lowest BCUT2D eigenvalue weighted by Gasteiger charge is -2.08. The third-order valence-corrected chi connectivity index (χ3v) is 13.1. The van der Waals surface area contributed by atoms with Crippen molar-refractivity contribution < 1.29 is 0 Å². The molecule has 11 heavy (non-hydrogen) atoms. The molecule has 0 amide bonds. The van der Waals surface area contributed by atoms with Crippen LogP contribution in [0.25, 0.3) is 0 Å². The molecule has 0 aromatic rings. The van der Waals surface area contributed by atoms with Crippen LogP contribution in [-0.2, 0) is 0 Å². The van der Waals surface area contributed by atoms with Gasteiger partial charge in [0.2, 0.25) is 0 Å². The Morgan fingerprint density at radius 3 is 1.18 bits per heavy atom. The summed E-state index contributed by atoms with van der Waals surface area (Å²) in [4.78, 5) is 0. The zero-order valence-electron chi connectivity index (χ0n) is 5.18. The van der Waals surface area contributed by atoms with Crippen molar-refractivity contribution in [1.29, 1.82) is 0 Å². The summed E-state index contributed by atoms with van der Waals surface area (Å²) in [5, 5.41) is 0. The van der Waals surface area contributed by atoms with Crippen molar-refractivity contribution in [3.63, 3.8) is 0 Å². The van der Waals surface area contributed by atoms with Crippen LogP contribution in [0.1, 0.15) is 0 Å². The smallest absolute Gasteiger partial charge is 0.126 e. The Bertz CT molecular complexity index is 100.0. The molecule has 0 nitrogen and oxygen atoms in total. The first-order valence-electron chi connectivity index (χ1n) is 2.55. The molecule has 0 aliphatic carbocycles. The second-order valence-electron chi connectivity index (χ2n) is 1.83. The highest BCUT2D eigenvalue weighted by Crippen LogP contribution is 2.28. The van der Waals surface area contributed by atoms with E-state index in [9.17, 15) is 0 Å².